The first kappa shape index (κ1) is 17.2. The van der Waals surface area contributed by atoms with E-state index >= 15 is 0 Å². The fraction of sp³-hybridized carbons (Fsp3) is 0.182. The molecule has 1 aromatic carbocycles. The summed E-state index contributed by atoms with van der Waals surface area (Å²) in [5, 5.41) is 13.2. The van der Waals surface area contributed by atoms with Gasteiger partial charge in [-0.3, -0.25) is 14.0 Å². The SMILES string of the molecule is O=C(c1cc(-c2ccccc2)c(=O)n2ccc3ccsc3c12)N1CCCC1O. The van der Waals surface area contributed by atoms with Crippen molar-refractivity contribution in [3.8, 4) is 11.1 Å². The summed E-state index contributed by atoms with van der Waals surface area (Å²) in [4.78, 5) is 28.1. The van der Waals surface area contributed by atoms with Crippen molar-refractivity contribution in [2.45, 2.75) is 19.1 Å². The number of amides is 1. The second-order valence-electron chi connectivity index (χ2n) is 7.00. The molecule has 0 saturated carbocycles. The predicted octanol–water partition coefficient (Wildman–Crippen LogP) is 3.74. The highest BCUT2D eigenvalue weighted by Crippen LogP contribution is 2.31. The smallest absolute Gasteiger partial charge is 0.263 e. The number of carbonyl (C=O) groups is 1. The molecule has 5 nitrogen and oxygen atoms in total. The van der Waals surface area contributed by atoms with E-state index in [4.69, 9.17) is 0 Å². The van der Waals surface area contributed by atoms with E-state index in [1.807, 2.05) is 47.8 Å². The Balaban J connectivity index is 1.85. The fourth-order valence-corrected chi connectivity index (χ4v) is 4.88. The largest absolute Gasteiger partial charge is 0.374 e. The summed E-state index contributed by atoms with van der Waals surface area (Å²) >= 11 is 1.51. The van der Waals surface area contributed by atoms with Crippen molar-refractivity contribution in [2.24, 2.45) is 0 Å². The van der Waals surface area contributed by atoms with E-state index in [0.29, 0.717) is 29.6 Å². The molecule has 0 spiro atoms. The van der Waals surface area contributed by atoms with Crippen LogP contribution in [0.5, 0.6) is 0 Å². The number of pyridine rings is 2. The van der Waals surface area contributed by atoms with Crippen molar-refractivity contribution in [3.05, 3.63) is 76.0 Å². The van der Waals surface area contributed by atoms with Gasteiger partial charge >= 0.3 is 0 Å². The molecule has 1 N–H and O–H groups in total. The van der Waals surface area contributed by atoms with Gasteiger partial charge in [0.1, 0.15) is 6.23 Å². The number of hydrogen-bond donors (Lipinski definition) is 1. The number of likely N-dealkylation sites (tertiary alicyclic amines) is 1. The van der Waals surface area contributed by atoms with Crippen LogP contribution in [0.2, 0.25) is 0 Å². The molecule has 1 aliphatic heterocycles. The molecule has 0 bridgehead atoms. The monoisotopic (exact) mass is 390 g/mol. The molecule has 1 unspecified atom stereocenters. The van der Waals surface area contributed by atoms with Crippen LogP contribution in [0.1, 0.15) is 23.2 Å². The number of aliphatic hydroxyl groups is 1. The minimum atomic E-state index is -0.776. The number of hydrogen-bond acceptors (Lipinski definition) is 4. The molecule has 5 rings (SSSR count). The number of aliphatic hydroxyl groups excluding tert-OH is 1. The van der Waals surface area contributed by atoms with Crippen LogP contribution in [-0.2, 0) is 0 Å². The summed E-state index contributed by atoms with van der Waals surface area (Å²) in [5.74, 6) is -0.236. The third-order valence-electron chi connectivity index (χ3n) is 5.35. The molecule has 0 radical (unpaired) electrons. The lowest BCUT2D eigenvalue weighted by Gasteiger charge is -2.22. The number of rotatable bonds is 2. The lowest BCUT2D eigenvalue weighted by atomic mass is 10.0. The Labute approximate surface area is 165 Å². The summed E-state index contributed by atoms with van der Waals surface area (Å²) in [6.07, 6.45) is 2.31. The molecule has 4 aromatic rings. The van der Waals surface area contributed by atoms with E-state index in [-0.39, 0.29) is 11.5 Å². The second kappa shape index (κ2) is 6.58. The highest BCUT2D eigenvalue weighted by atomic mass is 32.1. The molecule has 1 atom stereocenters. The van der Waals surface area contributed by atoms with Crippen molar-refractivity contribution in [2.75, 3.05) is 6.54 Å². The zero-order valence-corrected chi connectivity index (χ0v) is 15.9. The summed E-state index contributed by atoms with van der Waals surface area (Å²) in [6, 6.07) is 14.9. The molecule has 28 heavy (non-hydrogen) atoms. The lowest BCUT2D eigenvalue weighted by molar-refractivity contribution is 0.0294. The summed E-state index contributed by atoms with van der Waals surface area (Å²) in [5.41, 5.74) is 2.15. The van der Waals surface area contributed by atoms with Crippen molar-refractivity contribution >= 4 is 32.8 Å². The number of carbonyl (C=O) groups excluding carboxylic acids is 1. The minimum Gasteiger partial charge on any atom is -0.374 e. The van der Waals surface area contributed by atoms with Gasteiger partial charge in [-0.25, -0.2) is 0 Å². The quantitative estimate of drug-likeness (QED) is 0.567. The van der Waals surface area contributed by atoms with Gasteiger partial charge in [0.15, 0.2) is 0 Å². The number of benzene rings is 1. The maximum Gasteiger partial charge on any atom is 0.263 e. The van der Waals surface area contributed by atoms with Crippen LogP contribution in [0.25, 0.3) is 26.7 Å². The van der Waals surface area contributed by atoms with E-state index in [9.17, 15) is 14.7 Å². The summed E-state index contributed by atoms with van der Waals surface area (Å²) in [6.45, 7) is 0.520. The van der Waals surface area contributed by atoms with Crippen LogP contribution in [0.15, 0.2) is 64.9 Å². The third-order valence-corrected chi connectivity index (χ3v) is 6.28. The van der Waals surface area contributed by atoms with Gasteiger partial charge < -0.3 is 10.0 Å². The molecule has 1 amide bonds. The molecule has 0 aliphatic carbocycles. The molecule has 1 fully saturated rings. The zero-order chi connectivity index (χ0) is 19.3. The van der Waals surface area contributed by atoms with Crippen molar-refractivity contribution in [1.29, 1.82) is 0 Å². The average Bonchev–Trinajstić information content (AvgIpc) is 3.37. The molecule has 140 valence electrons. The Morgan fingerprint density at radius 1 is 1.14 bits per heavy atom. The number of fused-ring (bicyclic) bond motifs is 3. The molecule has 6 heteroatoms. The van der Waals surface area contributed by atoms with Crippen molar-refractivity contribution < 1.29 is 9.90 Å². The van der Waals surface area contributed by atoms with Crippen LogP contribution >= 0.6 is 11.3 Å². The number of thiophene rings is 1. The molecular formula is C22H18N2O3S. The van der Waals surface area contributed by atoms with Gasteiger partial charge in [0, 0.05) is 18.3 Å². The average molecular weight is 390 g/mol. The van der Waals surface area contributed by atoms with Gasteiger partial charge in [-0.15, -0.1) is 11.3 Å². The highest BCUT2D eigenvalue weighted by molar-refractivity contribution is 7.18. The maximum absolute atomic E-state index is 13.4. The Morgan fingerprint density at radius 2 is 1.96 bits per heavy atom. The Kier molecular flexibility index (Phi) is 4.03. The van der Waals surface area contributed by atoms with Gasteiger partial charge in [0.05, 0.1) is 15.8 Å². The minimum absolute atomic E-state index is 0.157. The first-order valence-corrected chi connectivity index (χ1v) is 10.1. The Hall–Kier alpha value is -2.96. The second-order valence-corrected chi connectivity index (χ2v) is 7.92. The fourth-order valence-electron chi connectivity index (χ4n) is 3.94. The summed E-state index contributed by atoms with van der Waals surface area (Å²) in [7, 11) is 0. The van der Waals surface area contributed by atoms with Gasteiger partial charge in [0.2, 0.25) is 0 Å². The van der Waals surface area contributed by atoms with Gasteiger partial charge in [-0.1, -0.05) is 30.3 Å². The predicted molar refractivity (Wildman–Crippen MR) is 111 cm³/mol. The highest BCUT2D eigenvalue weighted by Gasteiger charge is 2.30. The zero-order valence-electron chi connectivity index (χ0n) is 15.0. The van der Waals surface area contributed by atoms with Gasteiger partial charge in [-0.2, -0.15) is 0 Å². The third kappa shape index (κ3) is 2.57. The first-order valence-electron chi connectivity index (χ1n) is 9.25. The molecule has 1 aliphatic rings. The maximum atomic E-state index is 13.4. The van der Waals surface area contributed by atoms with Crippen LogP contribution in [0.4, 0.5) is 0 Å². The van der Waals surface area contributed by atoms with E-state index in [0.717, 1.165) is 22.1 Å². The van der Waals surface area contributed by atoms with Crippen LogP contribution in [-0.4, -0.2) is 33.1 Å². The van der Waals surface area contributed by atoms with Crippen LogP contribution in [0, 0.1) is 0 Å². The molecule has 3 aromatic heterocycles. The van der Waals surface area contributed by atoms with Gasteiger partial charge in [0.25, 0.3) is 11.5 Å². The molecular weight excluding hydrogens is 372 g/mol. The van der Waals surface area contributed by atoms with E-state index < -0.39 is 6.23 Å². The van der Waals surface area contributed by atoms with Crippen molar-refractivity contribution in [3.63, 3.8) is 0 Å². The normalized spacial score (nSPS) is 16.9. The van der Waals surface area contributed by atoms with E-state index in [1.165, 1.54) is 16.2 Å². The lowest BCUT2D eigenvalue weighted by Crippen LogP contribution is -2.36. The van der Waals surface area contributed by atoms with E-state index in [1.54, 1.807) is 16.7 Å². The standard InChI is InChI=1S/C22H18N2O3S/c25-18-7-4-10-23(18)22(27)17-13-16(14-5-2-1-3-6-14)21(26)24-11-8-15-9-12-28-20(15)19(17)24/h1-3,5-6,8-9,11-13,18,25H,4,7,10H2. The topological polar surface area (TPSA) is 62.0 Å². The van der Waals surface area contributed by atoms with E-state index in [2.05, 4.69) is 0 Å². The Morgan fingerprint density at radius 3 is 2.71 bits per heavy atom. The van der Waals surface area contributed by atoms with Crippen molar-refractivity contribution in [1.82, 2.24) is 9.30 Å². The van der Waals surface area contributed by atoms with Gasteiger partial charge in [-0.05, 0) is 47.4 Å². The Bertz CT molecular complexity index is 1260. The molecule has 4 heterocycles. The number of nitrogens with zero attached hydrogens (tertiary/aromatic N) is 2. The summed E-state index contributed by atoms with van der Waals surface area (Å²) < 4.78 is 2.47. The van der Waals surface area contributed by atoms with Crippen LogP contribution < -0.4 is 5.56 Å². The first-order chi connectivity index (χ1) is 13.6. The molecule has 1 saturated heterocycles. The number of aromatic nitrogens is 1. The van der Waals surface area contributed by atoms with Crippen LogP contribution in [0.3, 0.4) is 0 Å².